The molecule has 0 N–H and O–H groups in total. The van der Waals surface area contributed by atoms with Gasteiger partial charge in [-0.15, -0.1) is 0 Å². The average molecular weight is 397 g/mol. The van der Waals surface area contributed by atoms with Crippen molar-refractivity contribution in [2.45, 2.75) is 6.67 Å². The van der Waals surface area contributed by atoms with Gasteiger partial charge in [0, 0.05) is 26.9 Å². The van der Waals surface area contributed by atoms with E-state index in [1.165, 1.54) is 59.9 Å². The van der Waals surface area contributed by atoms with Crippen LogP contribution in [0.4, 0.5) is 0 Å². The van der Waals surface area contributed by atoms with Crippen LogP contribution in [0.15, 0.2) is 96.0 Å². The van der Waals surface area contributed by atoms with Crippen LogP contribution in [0.1, 0.15) is 0 Å². The van der Waals surface area contributed by atoms with Crippen LogP contribution in [0.2, 0.25) is 0 Å². The van der Waals surface area contributed by atoms with Crippen molar-refractivity contribution in [3.05, 3.63) is 91.0 Å². The molecule has 0 aliphatic heterocycles. The van der Waals surface area contributed by atoms with Gasteiger partial charge in [-0.1, -0.05) is 60.7 Å². The lowest BCUT2D eigenvalue weighted by atomic mass is 10.1. The molecule has 0 amide bonds. The number of para-hydroxylation sites is 2. The lowest BCUT2D eigenvalue weighted by Gasteiger charge is -2.10. The zero-order valence-electron chi connectivity index (χ0n) is 16.9. The number of hydrogen-bond donors (Lipinski definition) is 0. The van der Waals surface area contributed by atoms with Gasteiger partial charge in [0.25, 0.3) is 0 Å². The van der Waals surface area contributed by atoms with E-state index in [1.54, 1.807) is 0 Å². The first-order valence-corrected chi connectivity index (χ1v) is 10.5. The van der Waals surface area contributed by atoms with Gasteiger partial charge in [-0.05, 0) is 42.4 Å². The Morgan fingerprint density at radius 1 is 0.548 bits per heavy atom. The highest BCUT2D eigenvalue weighted by Crippen LogP contribution is 2.37. The molecule has 4 aromatic carbocycles. The molecule has 0 saturated carbocycles. The van der Waals surface area contributed by atoms with Gasteiger partial charge in [0.05, 0.1) is 27.6 Å². The van der Waals surface area contributed by atoms with Crippen LogP contribution >= 0.6 is 0 Å². The summed E-state index contributed by atoms with van der Waals surface area (Å²) in [6.07, 6.45) is 0. The highest BCUT2D eigenvalue weighted by Gasteiger charge is 2.16. The zero-order valence-corrected chi connectivity index (χ0v) is 16.9. The van der Waals surface area contributed by atoms with Crippen molar-refractivity contribution in [2.75, 3.05) is 0 Å². The molecule has 0 unspecified atom stereocenters. The van der Waals surface area contributed by atoms with Gasteiger partial charge in [-0.25, -0.2) is 0 Å². The summed E-state index contributed by atoms with van der Waals surface area (Å²) in [5.41, 5.74) is 6.11. The van der Waals surface area contributed by atoms with Gasteiger partial charge in [-0.2, -0.15) is 0 Å². The monoisotopic (exact) mass is 397 g/mol. The molecule has 0 radical (unpaired) electrons. The molecule has 0 aliphatic rings. The second kappa shape index (κ2) is 5.96. The molecule has 146 valence electrons. The maximum Gasteiger partial charge on any atom is 0.114 e. The third-order valence-corrected chi connectivity index (χ3v) is 6.57. The SMILES string of the molecule is C=NCn1c2ccccc2c2cc3c(cc21)cc1c2ccccc2c2ccccc2n31. The molecule has 0 aliphatic carbocycles. The summed E-state index contributed by atoms with van der Waals surface area (Å²) in [6.45, 7) is 4.29. The highest BCUT2D eigenvalue weighted by molar-refractivity contribution is 6.18. The Balaban J connectivity index is 1.76. The van der Waals surface area contributed by atoms with Gasteiger partial charge in [0.15, 0.2) is 0 Å². The van der Waals surface area contributed by atoms with Gasteiger partial charge < -0.3 is 8.97 Å². The lowest BCUT2D eigenvalue weighted by molar-refractivity contribution is 0.799. The maximum atomic E-state index is 4.19. The standard InChI is InChI=1S/C28H19N3/c1-29-17-30-24-12-6-4-11-22(24)23-16-26-18(14-27(23)30)15-28-21-10-3-2-8-19(21)20-9-5-7-13-25(20)31(26)28/h2-16H,1,17H2. The topological polar surface area (TPSA) is 21.7 Å². The van der Waals surface area contributed by atoms with Crippen LogP contribution in [-0.2, 0) is 6.67 Å². The molecule has 0 fully saturated rings. The number of benzene rings is 4. The fraction of sp³-hybridized carbons (Fsp3) is 0.0357. The molecular formula is C28H19N3. The van der Waals surface area contributed by atoms with E-state index in [0.29, 0.717) is 6.67 Å². The first-order chi connectivity index (χ1) is 15.3. The number of nitrogens with zero attached hydrogens (tertiary/aromatic N) is 3. The number of pyridine rings is 1. The third kappa shape index (κ3) is 2.10. The first-order valence-electron chi connectivity index (χ1n) is 10.5. The molecule has 7 rings (SSSR count). The summed E-state index contributed by atoms with van der Waals surface area (Å²) in [4.78, 5) is 4.19. The summed E-state index contributed by atoms with van der Waals surface area (Å²) >= 11 is 0. The molecule has 0 atom stereocenters. The van der Waals surface area contributed by atoms with Crippen LogP contribution in [0, 0.1) is 0 Å². The molecular weight excluding hydrogens is 378 g/mol. The van der Waals surface area contributed by atoms with Crippen molar-refractivity contribution in [2.24, 2.45) is 4.99 Å². The van der Waals surface area contributed by atoms with Crippen LogP contribution in [0.3, 0.4) is 0 Å². The summed E-state index contributed by atoms with van der Waals surface area (Å²) in [7, 11) is 0. The van der Waals surface area contributed by atoms with E-state index < -0.39 is 0 Å². The number of fused-ring (bicyclic) bond motifs is 11. The quantitative estimate of drug-likeness (QED) is 0.218. The Morgan fingerprint density at radius 3 is 1.87 bits per heavy atom. The maximum absolute atomic E-state index is 4.19. The van der Waals surface area contributed by atoms with E-state index in [1.807, 2.05) is 0 Å². The van der Waals surface area contributed by atoms with E-state index in [4.69, 9.17) is 0 Å². The fourth-order valence-electron chi connectivity index (χ4n) is 5.30. The predicted molar refractivity (Wildman–Crippen MR) is 132 cm³/mol. The summed E-state index contributed by atoms with van der Waals surface area (Å²) < 4.78 is 4.68. The number of rotatable bonds is 2. The molecule has 7 aromatic rings. The summed E-state index contributed by atoms with van der Waals surface area (Å²) in [5, 5.41) is 7.60. The molecule has 0 saturated heterocycles. The molecule has 3 nitrogen and oxygen atoms in total. The highest BCUT2D eigenvalue weighted by atomic mass is 15.1. The molecule has 3 heteroatoms. The minimum Gasteiger partial charge on any atom is -0.320 e. The molecule has 0 bridgehead atoms. The van der Waals surface area contributed by atoms with E-state index >= 15 is 0 Å². The Bertz CT molecular complexity index is 1830. The average Bonchev–Trinajstić information content (AvgIpc) is 3.34. The van der Waals surface area contributed by atoms with E-state index in [-0.39, 0.29) is 0 Å². The van der Waals surface area contributed by atoms with Crippen molar-refractivity contribution in [1.82, 2.24) is 8.97 Å². The van der Waals surface area contributed by atoms with Crippen molar-refractivity contribution in [3.8, 4) is 0 Å². The van der Waals surface area contributed by atoms with Crippen molar-refractivity contribution in [1.29, 1.82) is 0 Å². The summed E-state index contributed by atoms with van der Waals surface area (Å²) in [5.74, 6) is 0. The summed E-state index contributed by atoms with van der Waals surface area (Å²) in [6, 6.07) is 33.0. The molecule has 31 heavy (non-hydrogen) atoms. The number of aliphatic imine (C=N–C) groups is 1. The second-order valence-corrected chi connectivity index (χ2v) is 8.17. The molecule has 3 heterocycles. The van der Waals surface area contributed by atoms with Crippen molar-refractivity contribution in [3.63, 3.8) is 0 Å². The van der Waals surface area contributed by atoms with Crippen LogP contribution in [0.5, 0.6) is 0 Å². The Hall–Kier alpha value is -4.11. The van der Waals surface area contributed by atoms with Gasteiger partial charge in [0.2, 0.25) is 0 Å². The first kappa shape index (κ1) is 16.7. The Kier molecular flexibility index (Phi) is 3.20. The second-order valence-electron chi connectivity index (χ2n) is 8.17. The predicted octanol–water partition coefficient (Wildman–Crippen LogP) is 7.16. The molecule has 0 spiro atoms. The zero-order chi connectivity index (χ0) is 20.5. The van der Waals surface area contributed by atoms with Crippen LogP contribution < -0.4 is 0 Å². The van der Waals surface area contributed by atoms with Gasteiger partial charge >= 0.3 is 0 Å². The van der Waals surface area contributed by atoms with E-state index in [2.05, 4.69) is 112 Å². The minimum absolute atomic E-state index is 0.550. The van der Waals surface area contributed by atoms with Gasteiger partial charge in [-0.3, -0.25) is 4.99 Å². The van der Waals surface area contributed by atoms with E-state index in [0.717, 1.165) is 0 Å². The van der Waals surface area contributed by atoms with Crippen molar-refractivity contribution < 1.29 is 0 Å². The third-order valence-electron chi connectivity index (χ3n) is 6.57. The van der Waals surface area contributed by atoms with Crippen LogP contribution in [0.25, 0.3) is 59.9 Å². The molecule has 3 aromatic heterocycles. The van der Waals surface area contributed by atoms with Gasteiger partial charge in [0.1, 0.15) is 6.67 Å². The van der Waals surface area contributed by atoms with E-state index in [9.17, 15) is 0 Å². The fourth-order valence-corrected chi connectivity index (χ4v) is 5.30. The van der Waals surface area contributed by atoms with Crippen molar-refractivity contribution >= 4 is 66.6 Å². The normalized spacial score (nSPS) is 12.1. The Morgan fingerprint density at radius 2 is 1.13 bits per heavy atom. The smallest absolute Gasteiger partial charge is 0.114 e. The number of hydrogen-bond acceptors (Lipinski definition) is 1. The largest absolute Gasteiger partial charge is 0.320 e. The number of aromatic nitrogens is 2. The van der Waals surface area contributed by atoms with Crippen LogP contribution in [-0.4, -0.2) is 15.7 Å². The lowest BCUT2D eigenvalue weighted by Crippen LogP contribution is -1.94. The minimum atomic E-state index is 0.550. The Labute approximate surface area is 178 Å².